The fourth-order valence-corrected chi connectivity index (χ4v) is 6.39. The zero-order valence-corrected chi connectivity index (χ0v) is 25.3. The largest absolute Gasteiger partial charge is 0.331 e. The monoisotopic (exact) mass is 594 g/mol. The van der Waals surface area contributed by atoms with Gasteiger partial charge in [-0.25, -0.2) is 18.4 Å². The third-order valence-electron chi connectivity index (χ3n) is 8.15. The van der Waals surface area contributed by atoms with Crippen LogP contribution in [0.3, 0.4) is 0 Å². The van der Waals surface area contributed by atoms with E-state index >= 15 is 0 Å². The molecule has 1 saturated carbocycles. The van der Waals surface area contributed by atoms with Crippen LogP contribution in [0.4, 0.5) is 23.1 Å². The van der Waals surface area contributed by atoms with Crippen molar-refractivity contribution in [3.63, 3.8) is 0 Å². The van der Waals surface area contributed by atoms with Gasteiger partial charge < -0.3 is 14.8 Å². The SMILES string of the molecule is CN(c1ccc2c(c1)nc(CCC(=O)C1(c3ccccc3)CC1)n2C)c1ccnc(Nc2ccc(CS(C)(=O)=O)cc2)n1. The van der Waals surface area contributed by atoms with E-state index < -0.39 is 9.84 Å². The fourth-order valence-electron chi connectivity index (χ4n) is 5.59. The third-order valence-corrected chi connectivity index (χ3v) is 9.01. The number of nitrogens with one attached hydrogen (secondary N) is 1. The smallest absolute Gasteiger partial charge is 0.229 e. The van der Waals surface area contributed by atoms with Crippen LogP contribution in [-0.4, -0.2) is 47.0 Å². The summed E-state index contributed by atoms with van der Waals surface area (Å²) in [5.74, 6) is 2.31. The van der Waals surface area contributed by atoms with Gasteiger partial charge in [-0.3, -0.25) is 4.79 Å². The van der Waals surface area contributed by atoms with Crippen molar-refractivity contribution in [2.45, 2.75) is 36.9 Å². The molecule has 0 saturated heterocycles. The molecule has 10 heteroatoms. The van der Waals surface area contributed by atoms with E-state index in [2.05, 4.69) is 32.0 Å². The van der Waals surface area contributed by atoms with Gasteiger partial charge in [0.05, 0.1) is 22.2 Å². The maximum absolute atomic E-state index is 13.3. The number of carbonyl (C=O) groups excluding carboxylic acids is 1. The second-order valence-corrected chi connectivity index (χ2v) is 13.5. The van der Waals surface area contributed by atoms with Crippen molar-refractivity contribution in [2.75, 3.05) is 23.5 Å². The number of sulfone groups is 1. The van der Waals surface area contributed by atoms with Gasteiger partial charge >= 0.3 is 0 Å². The van der Waals surface area contributed by atoms with E-state index in [0.717, 1.165) is 52.2 Å². The number of aromatic nitrogens is 4. The van der Waals surface area contributed by atoms with Gasteiger partial charge in [-0.2, -0.15) is 4.98 Å². The summed E-state index contributed by atoms with van der Waals surface area (Å²) in [5.41, 5.74) is 5.09. The first-order valence-electron chi connectivity index (χ1n) is 14.3. The van der Waals surface area contributed by atoms with Crippen LogP contribution in [0.1, 0.15) is 36.2 Å². The summed E-state index contributed by atoms with van der Waals surface area (Å²) in [6.07, 6.45) is 5.82. The average molecular weight is 595 g/mol. The predicted octanol–water partition coefficient (Wildman–Crippen LogP) is 5.65. The Kier molecular flexibility index (Phi) is 7.47. The van der Waals surface area contributed by atoms with E-state index in [1.165, 1.54) is 6.26 Å². The van der Waals surface area contributed by atoms with Crippen molar-refractivity contribution >= 4 is 49.8 Å². The van der Waals surface area contributed by atoms with E-state index in [0.29, 0.717) is 30.4 Å². The van der Waals surface area contributed by atoms with Crippen molar-refractivity contribution < 1.29 is 13.2 Å². The van der Waals surface area contributed by atoms with Crippen molar-refractivity contribution in [3.8, 4) is 0 Å². The molecular formula is C33H34N6O3S. The average Bonchev–Trinajstić information content (AvgIpc) is 3.75. The number of hydrogen-bond donors (Lipinski definition) is 1. The number of ketones is 1. The number of hydrogen-bond acceptors (Lipinski definition) is 8. The summed E-state index contributed by atoms with van der Waals surface area (Å²) in [6.45, 7) is 0. The highest BCUT2D eigenvalue weighted by atomic mass is 32.2. The van der Waals surface area contributed by atoms with Crippen molar-refractivity contribution in [2.24, 2.45) is 7.05 Å². The molecule has 6 rings (SSSR count). The normalized spacial score (nSPS) is 14.0. The summed E-state index contributed by atoms with van der Waals surface area (Å²) in [4.78, 5) is 29.1. The number of nitrogens with zero attached hydrogens (tertiary/aromatic N) is 5. The lowest BCUT2D eigenvalue weighted by Gasteiger charge is -2.19. The predicted molar refractivity (Wildman–Crippen MR) is 170 cm³/mol. The Morgan fingerprint density at radius 1 is 1.00 bits per heavy atom. The number of carbonyl (C=O) groups is 1. The molecule has 0 unspecified atom stereocenters. The third kappa shape index (κ3) is 6.15. The van der Waals surface area contributed by atoms with Gasteiger partial charge in [-0.05, 0) is 60.4 Å². The maximum Gasteiger partial charge on any atom is 0.229 e. The Morgan fingerprint density at radius 3 is 2.44 bits per heavy atom. The Morgan fingerprint density at radius 2 is 1.74 bits per heavy atom. The Bertz CT molecular complexity index is 1900. The molecule has 0 radical (unpaired) electrons. The maximum atomic E-state index is 13.3. The van der Waals surface area contributed by atoms with Gasteiger partial charge in [-0.1, -0.05) is 42.5 Å². The van der Waals surface area contributed by atoms with Gasteiger partial charge in [-0.15, -0.1) is 0 Å². The van der Waals surface area contributed by atoms with Crippen LogP contribution in [0.15, 0.2) is 85.1 Å². The highest BCUT2D eigenvalue weighted by molar-refractivity contribution is 7.89. The number of benzene rings is 3. The zero-order chi connectivity index (χ0) is 30.2. The second-order valence-electron chi connectivity index (χ2n) is 11.3. The molecule has 1 N–H and O–H groups in total. The quantitative estimate of drug-likeness (QED) is 0.209. The Hall–Kier alpha value is -4.57. The highest BCUT2D eigenvalue weighted by Crippen LogP contribution is 2.49. The summed E-state index contributed by atoms with van der Waals surface area (Å²) in [5, 5.41) is 3.19. The van der Waals surface area contributed by atoms with Crippen LogP contribution < -0.4 is 10.2 Å². The number of imidazole rings is 1. The van der Waals surface area contributed by atoms with Gasteiger partial charge in [0.15, 0.2) is 9.84 Å². The zero-order valence-electron chi connectivity index (χ0n) is 24.5. The number of Topliss-reactive ketones (excluding diaryl/α,β-unsaturated/α-hetero) is 1. The van der Waals surface area contributed by atoms with E-state index in [9.17, 15) is 13.2 Å². The lowest BCUT2D eigenvalue weighted by Crippen LogP contribution is -2.21. The molecule has 0 spiro atoms. The van der Waals surface area contributed by atoms with E-state index in [1.807, 2.05) is 73.6 Å². The fraction of sp³-hybridized carbons (Fsp3) is 0.273. The first kappa shape index (κ1) is 28.5. The molecule has 1 aliphatic carbocycles. The molecule has 2 aromatic heterocycles. The Labute approximate surface area is 251 Å². The number of aryl methyl sites for hydroxylation is 2. The second kappa shape index (κ2) is 11.3. The molecular weight excluding hydrogens is 560 g/mol. The van der Waals surface area contributed by atoms with Gasteiger partial charge in [0, 0.05) is 50.8 Å². The number of fused-ring (bicyclic) bond motifs is 1. The lowest BCUT2D eigenvalue weighted by molar-refractivity contribution is -0.121. The number of rotatable bonds is 11. The van der Waals surface area contributed by atoms with Crippen LogP contribution in [0, 0.1) is 0 Å². The lowest BCUT2D eigenvalue weighted by atomic mass is 9.89. The first-order chi connectivity index (χ1) is 20.6. The Balaban J connectivity index is 1.15. The first-order valence-corrected chi connectivity index (χ1v) is 16.3. The van der Waals surface area contributed by atoms with Crippen LogP contribution in [0.2, 0.25) is 0 Å². The van der Waals surface area contributed by atoms with Crippen molar-refractivity contribution in [1.29, 1.82) is 0 Å². The summed E-state index contributed by atoms with van der Waals surface area (Å²) < 4.78 is 25.2. The van der Waals surface area contributed by atoms with E-state index in [4.69, 9.17) is 4.98 Å². The molecule has 0 atom stereocenters. The van der Waals surface area contributed by atoms with E-state index in [1.54, 1.807) is 18.3 Å². The summed E-state index contributed by atoms with van der Waals surface area (Å²) in [7, 11) is 0.843. The molecule has 3 aromatic carbocycles. The minimum Gasteiger partial charge on any atom is -0.331 e. The minimum atomic E-state index is -3.09. The molecule has 9 nitrogen and oxygen atoms in total. The molecule has 43 heavy (non-hydrogen) atoms. The van der Waals surface area contributed by atoms with Crippen molar-refractivity contribution in [1.82, 2.24) is 19.5 Å². The van der Waals surface area contributed by atoms with Crippen LogP contribution >= 0.6 is 0 Å². The number of anilines is 4. The standard InChI is InChI=1S/C33H34N6O3S/c1-38(31-17-20-34-32(37-31)35-25-11-9-23(10-12-25)22-43(3,41)42)26-13-14-28-27(21-26)36-30(39(28)2)16-15-29(40)33(18-19-33)24-7-5-4-6-8-24/h4-14,17,20-21H,15-16,18-19,22H2,1-3H3,(H,34,35,37). The summed E-state index contributed by atoms with van der Waals surface area (Å²) in [6, 6.07) is 25.2. The molecule has 1 fully saturated rings. The molecule has 5 aromatic rings. The van der Waals surface area contributed by atoms with Gasteiger partial charge in [0.1, 0.15) is 17.4 Å². The molecule has 0 amide bonds. The summed E-state index contributed by atoms with van der Waals surface area (Å²) >= 11 is 0. The molecule has 0 bridgehead atoms. The molecule has 2 heterocycles. The minimum absolute atomic E-state index is 0.000745. The van der Waals surface area contributed by atoms with Gasteiger partial charge in [0.2, 0.25) is 5.95 Å². The molecule has 0 aliphatic heterocycles. The van der Waals surface area contributed by atoms with Crippen LogP contribution in [0.25, 0.3) is 11.0 Å². The van der Waals surface area contributed by atoms with Crippen LogP contribution in [-0.2, 0) is 39.3 Å². The van der Waals surface area contributed by atoms with Gasteiger partial charge in [0.25, 0.3) is 0 Å². The molecule has 220 valence electrons. The van der Waals surface area contributed by atoms with E-state index in [-0.39, 0.29) is 11.2 Å². The molecule has 1 aliphatic rings. The van der Waals surface area contributed by atoms with Crippen molar-refractivity contribution in [3.05, 3.63) is 102 Å². The van der Waals surface area contributed by atoms with Crippen LogP contribution in [0.5, 0.6) is 0 Å². The highest BCUT2D eigenvalue weighted by Gasteiger charge is 2.50. The topological polar surface area (TPSA) is 110 Å².